The molecule has 2 rings (SSSR count). The van der Waals surface area contributed by atoms with Gasteiger partial charge in [0.1, 0.15) is 11.5 Å². The molecular weight excluding hydrogens is 299 g/mol. The first kappa shape index (κ1) is 16.0. The Kier molecular flexibility index (Phi) is 5.36. The lowest BCUT2D eigenvalue weighted by molar-refractivity contribution is -0.137. The van der Waals surface area contributed by atoms with Crippen LogP contribution in [-0.2, 0) is 25.0 Å². The third-order valence-corrected chi connectivity index (χ3v) is 3.49. The van der Waals surface area contributed by atoms with Crippen molar-refractivity contribution < 1.29 is 17.6 Å². The van der Waals surface area contributed by atoms with Gasteiger partial charge in [0, 0.05) is 6.54 Å². The molecule has 0 aliphatic carbocycles. The fourth-order valence-corrected chi connectivity index (χ4v) is 2.32. The highest BCUT2D eigenvalue weighted by molar-refractivity contribution is 7.97. The van der Waals surface area contributed by atoms with Gasteiger partial charge < -0.3 is 9.73 Å². The van der Waals surface area contributed by atoms with E-state index in [1.54, 1.807) is 11.8 Å². The Labute approximate surface area is 125 Å². The van der Waals surface area contributed by atoms with Crippen molar-refractivity contribution in [2.75, 3.05) is 6.26 Å². The summed E-state index contributed by atoms with van der Waals surface area (Å²) in [6, 6.07) is 9.01. The van der Waals surface area contributed by atoms with Gasteiger partial charge in [-0.3, -0.25) is 0 Å². The Morgan fingerprint density at radius 3 is 2.29 bits per heavy atom. The predicted molar refractivity (Wildman–Crippen MR) is 77.9 cm³/mol. The van der Waals surface area contributed by atoms with Crippen molar-refractivity contribution in [2.45, 2.75) is 25.0 Å². The van der Waals surface area contributed by atoms with Gasteiger partial charge in [-0.05, 0) is 36.1 Å². The molecule has 0 radical (unpaired) electrons. The lowest BCUT2D eigenvalue weighted by Gasteiger charge is -2.08. The van der Waals surface area contributed by atoms with Crippen LogP contribution in [0.4, 0.5) is 13.2 Å². The molecule has 1 N–H and O–H groups in total. The van der Waals surface area contributed by atoms with Gasteiger partial charge in [0.25, 0.3) is 0 Å². The van der Waals surface area contributed by atoms with Gasteiger partial charge in [0.05, 0.1) is 17.9 Å². The molecule has 114 valence electrons. The minimum atomic E-state index is -4.28. The summed E-state index contributed by atoms with van der Waals surface area (Å²) in [4.78, 5) is 0. The number of rotatable bonds is 6. The van der Waals surface area contributed by atoms with Crippen LogP contribution in [0.25, 0.3) is 0 Å². The van der Waals surface area contributed by atoms with Gasteiger partial charge >= 0.3 is 6.18 Å². The summed E-state index contributed by atoms with van der Waals surface area (Å²) in [5.41, 5.74) is 0.179. The Bertz CT molecular complexity index is 563. The molecule has 0 bridgehead atoms. The van der Waals surface area contributed by atoms with E-state index in [1.165, 1.54) is 12.1 Å². The lowest BCUT2D eigenvalue weighted by atomic mass is 10.1. The largest absolute Gasteiger partial charge is 0.464 e. The van der Waals surface area contributed by atoms with E-state index in [9.17, 15) is 13.2 Å². The normalized spacial score (nSPS) is 11.8. The summed E-state index contributed by atoms with van der Waals surface area (Å²) < 4.78 is 42.9. The van der Waals surface area contributed by atoms with E-state index in [2.05, 4.69) is 5.32 Å². The van der Waals surface area contributed by atoms with Crippen LogP contribution in [0.15, 0.2) is 40.8 Å². The zero-order valence-electron chi connectivity index (χ0n) is 11.5. The maximum atomic E-state index is 12.4. The summed E-state index contributed by atoms with van der Waals surface area (Å²) in [5.74, 6) is 2.58. The molecule has 0 unspecified atom stereocenters. The van der Waals surface area contributed by atoms with Crippen molar-refractivity contribution >= 4 is 11.8 Å². The first-order chi connectivity index (χ1) is 9.99. The molecule has 1 aromatic carbocycles. The molecule has 0 aliphatic heterocycles. The Balaban J connectivity index is 1.82. The number of alkyl halides is 3. The second-order valence-electron chi connectivity index (χ2n) is 4.60. The monoisotopic (exact) mass is 315 g/mol. The van der Waals surface area contributed by atoms with E-state index >= 15 is 0 Å². The molecule has 1 heterocycles. The van der Waals surface area contributed by atoms with E-state index in [-0.39, 0.29) is 0 Å². The third-order valence-electron chi connectivity index (χ3n) is 2.91. The van der Waals surface area contributed by atoms with Crippen LogP contribution < -0.4 is 5.32 Å². The molecule has 21 heavy (non-hydrogen) atoms. The summed E-state index contributed by atoms with van der Waals surface area (Å²) in [6.45, 7) is 1.05. The van der Waals surface area contributed by atoms with Crippen molar-refractivity contribution in [3.63, 3.8) is 0 Å². The van der Waals surface area contributed by atoms with Crippen molar-refractivity contribution in [1.29, 1.82) is 0 Å². The predicted octanol–water partition coefficient (Wildman–Crippen LogP) is 4.45. The van der Waals surface area contributed by atoms with E-state index in [4.69, 9.17) is 4.42 Å². The van der Waals surface area contributed by atoms with E-state index in [1.807, 2.05) is 18.4 Å². The summed E-state index contributed by atoms with van der Waals surface area (Å²) in [7, 11) is 0. The van der Waals surface area contributed by atoms with Crippen LogP contribution in [0.5, 0.6) is 0 Å². The van der Waals surface area contributed by atoms with Gasteiger partial charge in [0.2, 0.25) is 0 Å². The zero-order valence-corrected chi connectivity index (χ0v) is 12.4. The van der Waals surface area contributed by atoms with Crippen LogP contribution >= 0.6 is 11.8 Å². The smallest absolute Gasteiger partial charge is 0.416 e. The van der Waals surface area contributed by atoms with E-state index in [0.29, 0.717) is 13.1 Å². The fourth-order valence-electron chi connectivity index (χ4n) is 1.88. The molecule has 0 spiro atoms. The number of hydrogen-bond acceptors (Lipinski definition) is 3. The number of nitrogens with one attached hydrogen (secondary N) is 1. The van der Waals surface area contributed by atoms with Crippen LogP contribution in [0.1, 0.15) is 22.6 Å². The van der Waals surface area contributed by atoms with Crippen molar-refractivity contribution in [1.82, 2.24) is 5.32 Å². The molecule has 0 amide bonds. The second kappa shape index (κ2) is 7.04. The van der Waals surface area contributed by atoms with Gasteiger partial charge in [0.15, 0.2) is 0 Å². The first-order valence-corrected chi connectivity index (χ1v) is 7.82. The molecule has 2 aromatic rings. The van der Waals surface area contributed by atoms with Crippen molar-refractivity contribution in [3.8, 4) is 0 Å². The molecule has 0 aliphatic rings. The van der Waals surface area contributed by atoms with Crippen molar-refractivity contribution in [3.05, 3.63) is 59.0 Å². The zero-order chi connectivity index (χ0) is 15.3. The van der Waals surface area contributed by atoms with Crippen LogP contribution in [0.2, 0.25) is 0 Å². The third kappa shape index (κ3) is 4.82. The van der Waals surface area contributed by atoms with Crippen LogP contribution in [0.3, 0.4) is 0 Å². The maximum Gasteiger partial charge on any atom is 0.416 e. The fraction of sp³-hybridized carbons (Fsp3) is 0.333. The number of benzene rings is 1. The lowest BCUT2D eigenvalue weighted by Crippen LogP contribution is -2.12. The number of thioether (sulfide) groups is 1. The molecule has 0 saturated carbocycles. The molecule has 6 heteroatoms. The number of hydrogen-bond donors (Lipinski definition) is 1. The van der Waals surface area contributed by atoms with Crippen LogP contribution in [0, 0.1) is 0 Å². The van der Waals surface area contributed by atoms with Crippen molar-refractivity contribution in [2.24, 2.45) is 0 Å². The number of halogens is 3. The minimum absolute atomic E-state index is 0.497. The second-order valence-corrected chi connectivity index (χ2v) is 5.47. The van der Waals surface area contributed by atoms with Gasteiger partial charge in [-0.2, -0.15) is 24.9 Å². The van der Waals surface area contributed by atoms with Gasteiger partial charge in [-0.15, -0.1) is 0 Å². The maximum absolute atomic E-state index is 12.4. The summed E-state index contributed by atoms with van der Waals surface area (Å²) in [6.07, 6.45) is -2.28. The average molecular weight is 315 g/mol. The molecule has 0 fully saturated rings. The molecular formula is C15H16F3NOS. The molecule has 0 atom stereocenters. The van der Waals surface area contributed by atoms with Gasteiger partial charge in [-0.25, -0.2) is 0 Å². The SMILES string of the molecule is CSCc1ccc(CNCc2ccc(C(F)(F)F)cc2)o1. The first-order valence-electron chi connectivity index (χ1n) is 6.42. The quantitative estimate of drug-likeness (QED) is 0.852. The molecule has 0 saturated heterocycles. The Hall–Kier alpha value is -1.40. The number of furan rings is 1. The highest BCUT2D eigenvalue weighted by Gasteiger charge is 2.29. The standard InChI is InChI=1S/C15H16F3NOS/c1-21-10-14-7-6-13(20-14)9-19-8-11-2-4-12(5-3-11)15(16,17)18/h2-7,19H,8-10H2,1H3. The van der Waals surface area contributed by atoms with Gasteiger partial charge in [-0.1, -0.05) is 12.1 Å². The van der Waals surface area contributed by atoms with E-state index < -0.39 is 11.7 Å². The molecule has 2 nitrogen and oxygen atoms in total. The van der Waals surface area contributed by atoms with Crippen LogP contribution in [-0.4, -0.2) is 6.26 Å². The Morgan fingerprint density at radius 1 is 1.00 bits per heavy atom. The topological polar surface area (TPSA) is 25.2 Å². The molecule has 1 aromatic heterocycles. The summed E-state index contributed by atoms with van der Waals surface area (Å²) >= 11 is 1.69. The highest BCUT2D eigenvalue weighted by atomic mass is 32.2. The summed E-state index contributed by atoms with van der Waals surface area (Å²) in [5, 5.41) is 3.15. The highest BCUT2D eigenvalue weighted by Crippen LogP contribution is 2.29. The minimum Gasteiger partial charge on any atom is -0.464 e. The van der Waals surface area contributed by atoms with E-state index in [0.717, 1.165) is 35.0 Å². The average Bonchev–Trinajstić information content (AvgIpc) is 2.86. The Morgan fingerprint density at radius 2 is 1.67 bits per heavy atom.